The maximum Gasteiger partial charge on any atom is 0.408 e. The average molecular weight is 285 g/mol. The number of hydrogen-bond donors (Lipinski definition) is 1. The van der Waals surface area contributed by atoms with E-state index in [-0.39, 0.29) is 11.5 Å². The predicted molar refractivity (Wildman–Crippen MR) is 69.3 cm³/mol. The molecule has 1 aromatic carbocycles. The van der Waals surface area contributed by atoms with Crippen LogP contribution in [0.5, 0.6) is 5.75 Å². The first-order valence-corrected chi connectivity index (χ1v) is 6.34. The topological polar surface area (TPSA) is 47.6 Å². The number of nitrogens with one attached hydrogen (secondary N) is 1. The summed E-state index contributed by atoms with van der Waals surface area (Å²) < 4.78 is 37.5. The second-order valence-corrected chi connectivity index (χ2v) is 5.07. The fraction of sp³-hybridized carbons (Fsp3) is 0.500. The van der Waals surface area contributed by atoms with E-state index in [4.69, 9.17) is 4.74 Å². The molecule has 1 heterocycles. The highest BCUT2D eigenvalue weighted by Gasteiger charge is 2.48. The van der Waals surface area contributed by atoms with Crippen molar-refractivity contribution in [1.82, 2.24) is 5.32 Å². The summed E-state index contributed by atoms with van der Waals surface area (Å²) in [5, 5.41) is 2.17. The summed E-state index contributed by atoms with van der Waals surface area (Å²) in [5.41, 5.74) is 1.16. The summed E-state index contributed by atoms with van der Waals surface area (Å²) in [6.07, 6.45) is -0.849. The molecule has 0 aromatic heterocycles. The van der Waals surface area contributed by atoms with Gasteiger partial charge in [0.25, 0.3) is 0 Å². The molecule has 0 spiro atoms. The van der Waals surface area contributed by atoms with Crippen LogP contribution >= 0.6 is 0 Å². The fourth-order valence-electron chi connectivity index (χ4n) is 2.15. The van der Waals surface area contributed by atoms with Crippen molar-refractivity contribution < 1.29 is 23.0 Å². The highest BCUT2D eigenvalue weighted by molar-refractivity contribution is 5.69. The molecule has 20 heavy (non-hydrogen) atoms. The highest BCUT2D eigenvalue weighted by Crippen LogP contribution is 2.39. The highest BCUT2D eigenvalue weighted by atomic mass is 19.3. The molecule has 1 atom stereocenters. The van der Waals surface area contributed by atoms with Gasteiger partial charge in [-0.25, -0.2) is 13.6 Å². The van der Waals surface area contributed by atoms with Crippen LogP contribution in [0.15, 0.2) is 18.2 Å². The van der Waals surface area contributed by atoms with Crippen LogP contribution < -0.4 is 10.1 Å². The van der Waals surface area contributed by atoms with Crippen molar-refractivity contribution >= 4 is 6.09 Å². The van der Waals surface area contributed by atoms with Gasteiger partial charge < -0.3 is 14.8 Å². The zero-order valence-corrected chi connectivity index (χ0v) is 11.6. The van der Waals surface area contributed by atoms with Crippen molar-refractivity contribution in [2.24, 2.45) is 0 Å². The van der Waals surface area contributed by atoms with Gasteiger partial charge in [0, 0.05) is 5.56 Å². The van der Waals surface area contributed by atoms with Crippen molar-refractivity contribution in [2.45, 2.75) is 31.7 Å². The Hall–Kier alpha value is -1.85. The van der Waals surface area contributed by atoms with Crippen molar-refractivity contribution in [1.29, 1.82) is 0 Å². The molecule has 4 nitrogen and oxygen atoms in total. The molecule has 0 bridgehead atoms. The second kappa shape index (κ2) is 5.26. The van der Waals surface area contributed by atoms with Gasteiger partial charge in [0.1, 0.15) is 11.8 Å². The Labute approximate surface area is 116 Å². The van der Waals surface area contributed by atoms with Gasteiger partial charge >= 0.3 is 12.0 Å². The van der Waals surface area contributed by atoms with Crippen molar-refractivity contribution in [3.05, 3.63) is 29.3 Å². The zero-order valence-electron chi connectivity index (χ0n) is 11.6. The number of hydrogen-bond acceptors (Lipinski definition) is 3. The second-order valence-electron chi connectivity index (χ2n) is 5.07. The lowest BCUT2D eigenvalue weighted by Crippen LogP contribution is -2.49. The number of alkyl halides is 2. The standard InChI is InChI=1S/C14H17F2NO3/c1-8(2)9-4-5-11(19-3)10(6-9)12-14(15,16)7-20-13(18)17-12/h4-6,8,12H,7H2,1-3H3,(H,17,18)/t12-/m0/s1. The predicted octanol–water partition coefficient (Wildman–Crippen LogP) is 3.23. The number of benzene rings is 1. The molecule has 2 rings (SSSR count). The van der Waals surface area contributed by atoms with E-state index in [1.165, 1.54) is 7.11 Å². The van der Waals surface area contributed by atoms with Crippen LogP contribution in [0.1, 0.15) is 36.9 Å². The maximum atomic E-state index is 14.0. The molecule has 6 heteroatoms. The largest absolute Gasteiger partial charge is 0.496 e. The first-order chi connectivity index (χ1) is 9.35. The molecule has 110 valence electrons. The first kappa shape index (κ1) is 14.6. The Bertz CT molecular complexity index is 517. The summed E-state index contributed by atoms with van der Waals surface area (Å²) in [6, 6.07) is 3.67. The van der Waals surface area contributed by atoms with Crippen LogP contribution in [-0.4, -0.2) is 25.7 Å². The van der Waals surface area contributed by atoms with Crippen LogP contribution in [0.2, 0.25) is 0 Å². The molecule has 1 aliphatic heterocycles. The SMILES string of the molecule is COc1ccc(C(C)C)cc1[C@@H]1NC(=O)OCC1(F)F. The minimum atomic E-state index is -3.18. The number of ether oxygens (including phenoxy) is 2. The Morgan fingerprint density at radius 3 is 2.75 bits per heavy atom. The molecule has 1 N–H and O–H groups in total. The van der Waals surface area contributed by atoms with Crippen LogP contribution in [0.4, 0.5) is 13.6 Å². The fourth-order valence-corrected chi connectivity index (χ4v) is 2.15. The van der Waals surface area contributed by atoms with Gasteiger partial charge in [-0.2, -0.15) is 0 Å². The monoisotopic (exact) mass is 285 g/mol. The minimum absolute atomic E-state index is 0.184. The lowest BCUT2D eigenvalue weighted by molar-refractivity contribution is -0.104. The number of alkyl carbamates (subject to hydrolysis) is 1. The summed E-state index contributed by atoms with van der Waals surface area (Å²) in [7, 11) is 1.41. The first-order valence-electron chi connectivity index (χ1n) is 6.34. The number of amides is 1. The third-order valence-corrected chi connectivity index (χ3v) is 3.31. The molecule has 1 amide bonds. The van der Waals surface area contributed by atoms with Crippen molar-refractivity contribution in [3.8, 4) is 5.75 Å². The van der Waals surface area contributed by atoms with E-state index in [0.717, 1.165) is 5.56 Å². The number of carbonyl (C=O) groups is 1. The lowest BCUT2D eigenvalue weighted by Gasteiger charge is -2.32. The Morgan fingerprint density at radius 1 is 1.45 bits per heavy atom. The number of rotatable bonds is 3. The minimum Gasteiger partial charge on any atom is -0.496 e. The van der Waals surface area contributed by atoms with E-state index in [1.807, 2.05) is 19.9 Å². The Morgan fingerprint density at radius 2 is 2.15 bits per heavy atom. The lowest BCUT2D eigenvalue weighted by atomic mass is 9.93. The molecule has 0 saturated carbocycles. The van der Waals surface area contributed by atoms with E-state index < -0.39 is 24.7 Å². The van der Waals surface area contributed by atoms with Gasteiger partial charge in [0.2, 0.25) is 0 Å². The molecule has 1 aromatic rings. The average Bonchev–Trinajstić information content (AvgIpc) is 2.40. The number of methoxy groups -OCH3 is 1. The number of halogens is 2. The van der Waals surface area contributed by atoms with Gasteiger partial charge in [-0.05, 0) is 23.6 Å². The summed E-state index contributed by atoms with van der Waals surface area (Å²) >= 11 is 0. The van der Waals surface area contributed by atoms with E-state index in [0.29, 0.717) is 5.75 Å². The molecule has 1 saturated heterocycles. The maximum absolute atomic E-state index is 14.0. The van der Waals surface area contributed by atoms with Crippen molar-refractivity contribution in [2.75, 3.05) is 13.7 Å². The Balaban J connectivity index is 2.47. The molecule has 0 radical (unpaired) electrons. The Kier molecular flexibility index (Phi) is 3.83. The van der Waals surface area contributed by atoms with E-state index >= 15 is 0 Å². The summed E-state index contributed by atoms with van der Waals surface area (Å²) in [4.78, 5) is 11.2. The van der Waals surface area contributed by atoms with Crippen molar-refractivity contribution in [3.63, 3.8) is 0 Å². The van der Waals surface area contributed by atoms with Crippen LogP contribution in [0.25, 0.3) is 0 Å². The normalized spacial score (nSPS) is 21.3. The van der Waals surface area contributed by atoms with Crippen LogP contribution in [-0.2, 0) is 4.74 Å². The van der Waals surface area contributed by atoms with E-state index in [2.05, 4.69) is 10.1 Å². The van der Waals surface area contributed by atoms with Gasteiger partial charge in [0.15, 0.2) is 6.61 Å². The third-order valence-electron chi connectivity index (χ3n) is 3.31. The van der Waals surface area contributed by atoms with Gasteiger partial charge in [0.05, 0.1) is 7.11 Å². The third kappa shape index (κ3) is 2.69. The number of carbonyl (C=O) groups excluding carboxylic acids is 1. The van der Waals surface area contributed by atoms with Gasteiger partial charge in [-0.1, -0.05) is 19.9 Å². The smallest absolute Gasteiger partial charge is 0.408 e. The van der Waals surface area contributed by atoms with Gasteiger partial charge in [-0.15, -0.1) is 0 Å². The van der Waals surface area contributed by atoms with E-state index in [9.17, 15) is 13.6 Å². The summed E-state index contributed by atoms with van der Waals surface area (Å²) in [6.45, 7) is 3.00. The molecule has 1 aliphatic rings. The molecular formula is C14H17F2NO3. The zero-order chi connectivity index (χ0) is 14.9. The molecule has 1 fully saturated rings. The molecular weight excluding hydrogens is 268 g/mol. The quantitative estimate of drug-likeness (QED) is 0.927. The summed E-state index contributed by atoms with van der Waals surface area (Å²) in [5.74, 6) is -2.68. The van der Waals surface area contributed by atoms with Gasteiger partial charge in [-0.3, -0.25) is 0 Å². The van der Waals surface area contributed by atoms with Crippen LogP contribution in [0, 0.1) is 0 Å². The van der Waals surface area contributed by atoms with Crippen LogP contribution in [0.3, 0.4) is 0 Å². The van der Waals surface area contributed by atoms with E-state index in [1.54, 1.807) is 12.1 Å². The molecule has 0 aliphatic carbocycles. The molecule has 0 unspecified atom stereocenters. The number of cyclic esters (lactones) is 1.